The first-order valence-corrected chi connectivity index (χ1v) is 7.05. The number of thiophene rings is 1. The second-order valence-corrected chi connectivity index (χ2v) is 6.11. The smallest absolute Gasteiger partial charge is 0.100 e. The molecule has 0 spiro atoms. The molecule has 1 aromatic heterocycles. The Hall–Kier alpha value is 0.01000. The minimum atomic E-state index is -0.236. The molecule has 0 saturated carbocycles. The van der Waals surface area contributed by atoms with Crippen LogP contribution in [0, 0.1) is 6.92 Å². The first kappa shape index (κ1) is 10.5. The molecule has 78 valence electrons. The van der Waals surface area contributed by atoms with Gasteiger partial charge in [0.05, 0.1) is 0 Å². The van der Waals surface area contributed by atoms with Gasteiger partial charge in [-0.15, -0.1) is 11.3 Å². The number of hydrogen-bond donors (Lipinski definition) is 1. The van der Waals surface area contributed by atoms with Crippen molar-refractivity contribution >= 4 is 23.1 Å². The predicted molar refractivity (Wildman–Crippen MR) is 64.1 cm³/mol. The van der Waals surface area contributed by atoms with Crippen LogP contribution >= 0.6 is 23.1 Å². The summed E-state index contributed by atoms with van der Waals surface area (Å²) < 4.78 is 0. The summed E-state index contributed by atoms with van der Waals surface area (Å²) in [6.07, 6.45) is 3.53. The lowest BCUT2D eigenvalue weighted by molar-refractivity contribution is 0.172. The lowest BCUT2D eigenvalue weighted by Crippen LogP contribution is -2.18. The van der Waals surface area contributed by atoms with Crippen LogP contribution in [-0.2, 0) is 0 Å². The van der Waals surface area contributed by atoms with E-state index >= 15 is 0 Å². The van der Waals surface area contributed by atoms with Crippen molar-refractivity contribution < 1.29 is 5.11 Å². The van der Waals surface area contributed by atoms with Crippen LogP contribution < -0.4 is 0 Å². The highest BCUT2D eigenvalue weighted by Crippen LogP contribution is 2.37. The summed E-state index contributed by atoms with van der Waals surface area (Å²) in [6.45, 7) is 2.09. The van der Waals surface area contributed by atoms with Crippen molar-refractivity contribution in [2.45, 2.75) is 37.5 Å². The maximum atomic E-state index is 10.2. The third kappa shape index (κ3) is 2.15. The van der Waals surface area contributed by atoms with Gasteiger partial charge in [-0.05, 0) is 42.5 Å². The predicted octanol–water partition coefficient (Wildman–Crippen LogP) is 3.38. The van der Waals surface area contributed by atoms with Gasteiger partial charge in [-0.1, -0.05) is 6.42 Å². The second-order valence-electron chi connectivity index (χ2n) is 3.82. The minimum Gasteiger partial charge on any atom is -0.386 e. The first-order valence-electron chi connectivity index (χ1n) is 5.12. The molecular weight excluding hydrogens is 212 g/mol. The summed E-state index contributed by atoms with van der Waals surface area (Å²) in [5, 5.41) is 12.7. The van der Waals surface area contributed by atoms with E-state index in [2.05, 4.69) is 18.4 Å². The fourth-order valence-corrected chi connectivity index (χ4v) is 4.26. The molecule has 0 radical (unpaired) electrons. The number of aliphatic hydroxyl groups is 1. The van der Waals surface area contributed by atoms with Crippen molar-refractivity contribution in [1.29, 1.82) is 0 Å². The Morgan fingerprint density at radius 3 is 2.93 bits per heavy atom. The molecule has 0 amide bonds. The molecule has 3 heteroatoms. The molecule has 2 heterocycles. The van der Waals surface area contributed by atoms with E-state index < -0.39 is 0 Å². The van der Waals surface area contributed by atoms with Gasteiger partial charge in [-0.2, -0.15) is 11.8 Å². The van der Waals surface area contributed by atoms with Crippen LogP contribution in [0.1, 0.15) is 35.8 Å². The van der Waals surface area contributed by atoms with Crippen molar-refractivity contribution in [2.24, 2.45) is 0 Å². The standard InChI is InChI=1S/C11H16OS2/c1-8-5-7-14-11(8)10(12)9-4-2-3-6-13-9/h5,7,9-10,12H,2-4,6H2,1H3. The molecule has 14 heavy (non-hydrogen) atoms. The van der Waals surface area contributed by atoms with Crippen LogP contribution in [-0.4, -0.2) is 16.1 Å². The van der Waals surface area contributed by atoms with Gasteiger partial charge in [0, 0.05) is 10.1 Å². The van der Waals surface area contributed by atoms with Crippen LogP contribution in [0.15, 0.2) is 11.4 Å². The molecule has 0 aliphatic carbocycles. The molecule has 1 aliphatic rings. The van der Waals surface area contributed by atoms with Gasteiger partial charge in [-0.25, -0.2) is 0 Å². The third-order valence-corrected chi connectivity index (χ3v) is 5.27. The maximum Gasteiger partial charge on any atom is 0.100 e. The molecule has 1 aromatic rings. The van der Waals surface area contributed by atoms with Crippen molar-refractivity contribution in [3.05, 3.63) is 21.9 Å². The highest BCUT2D eigenvalue weighted by atomic mass is 32.2. The Balaban J connectivity index is 2.07. The van der Waals surface area contributed by atoms with Crippen LogP contribution in [0.3, 0.4) is 0 Å². The number of rotatable bonds is 2. The molecule has 2 atom stereocenters. The first-order chi connectivity index (χ1) is 6.79. The zero-order valence-electron chi connectivity index (χ0n) is 8.40. The van der Waals surface area contributed by atoms with E-state index in [9.17, 15) is 5.11 Å². The van der Waals surface area contributed by atoms with Crippen molar-refractivity contribution in [2.75, 3.05) is 5.75 Å². The molecular formula is C11H16OS2. The SMILES string of the molecule is Cc1ccsc1C(O)C1CCCCS1. The summed E-state index contributed by atoms with van der Waals surface area (Å²) in [6, 6.07) is 2.09. The third-order valence-electron chi connectivity index (χ3n) is 2.74. The topological polar surface area (TPSA) is 20.2 Å². The molecule has 1 saturated heterocycles. The fourth-order valence-electron chi connectivity index (χ4n) is 1.87. The van der Waals surface area contributed by atoms with E-state index in [0.29, 0.717) is 5.25 Å². The summed E-state index contributed by atoms with van der Waals surface area (Å²) in [5.41, 5.74) is 1.24. The van der Waals surface area contributed by atoms with Gasteiger partial charge in [0.25, 0.3) is 0 Å². The fraction of sp³-hybridized carbons (Fsp3) is 0.636. The van der Waals surface area contributed by atoms with Crippen LogP contribution in [0.2, 0.25) is 0 Å². The highest BCUT2D eigenvalue weighted by molar-refractivity contribution is 8.00. The largest absolute Gasteiger partial charge is 0.386 e. The monoisotopic (exact) mass is 228 g/mol. The molecule has 1 aliphatic heterocycles. The minimum absolute atomic E-state index is 0.236. The molecule has 0 aromatic carbocycles. The quantitative estimate of drug-likeness (QED) is 0.837. The summed E-state index contributed by atoms with van der Waals surface area (Å²) >= 11 is 3.62. The molecule has 2 rings (SSSR count). The zero-order valence-corrected chi connectivity index (χ0v) is 10.0. The van der Waals surface area contributed by atoms with Crippen molar-refractivity contribution in [3.63, 3.8) is 0 Å². The Bertz CT molecular complexity index is 289. The molecule has 1 fully saturated rings. The van der Waals surface area contributed by atoms with Gasteiger partial charge in [0.15, 0.2) is 0 Å². The van der Waals surface area contributed by atoms with E-state index in [-0.39, 0.29) is 6.10 Å². The lowest BCUT2D eigenvalue weighted by Gasteiger charge is -2.25. The Morgan fingerprint density at radius 2 is 2.36 bits per heavy atom. The normalized spacial score (nSPS) is 24.9. The van der Waals surface area contributed by atoms with E-state index in [1.54, 1.807) is 11.3 Å². The molecule has 1 N–H and O–H groups in total. The van der Waals surface area contributed by atoms with Crippen LogP contribution in [0.25, 0.3) is 0 Å². The average Bonchev–Trinajstić information content (AvgIpc) is 2.65. The van der Waals surface area contributed by atoms with Crippen molar-refractivity contribution in [3.8, 4) is 0 Å². The van der Waals surface area contributed by atoms with Gasteiger partial charge in [-0.3, -0.25) is 0 Å². The summed E-state index contributed by atoms with van der Waals surface area (Å²) in [5.74, 6) is 1.21. The molecule has 2 unspecified atom stereocenters. The Kier molecular flexibility index (Phi) is 3.52. The van der Waals surface area contributed by atoms with Crippen LogP contribution in [0.5, 0.6) is 0 Å². The second kappa shape index (κ2) is 4.69. The number of hydrogen-bond acceptors (Lipinski definition) is 3. The molecule has 1 nitrogen and oxygen atoms in total. The maximum absolute atomic E-state index is 10.2. The lowest BCUT2D eigenvalue weighted by atomic mass is 10.1. The van der Waals surface area contributed by atoms with E-state index in [0.717, 1.165) is 0 Å². The molecule has 0 bridgehead atoms. The van der Waals surface area contributed by atoms with Gasteiger partial charge in [0.1, 0.15) is 6.10 Å². The van der Waals surface area contributed by atoms with E-state index in [1.165, 1.54) is 35.5 Å². The summed E-state index contributed by atoms with van der Waals surface area (Å²) in [7, 11) is 0. The Labute approximate surface area is 93.5 Å². The average molecular weight is 228 g/mol. The van der Waals surface area contributed by atoms with E-state index in [4.69, 9.17) is 0 Å². The Morgan fingerprint density at radius 1 is 1.50 bits per heavy atom. The highest BCUT2D eigenvalue weighted by Gasteiger charge is 2.25. The van der Waals surface area contributed by atoms with Gasteiger partial charge in [0.2, 0.25) is 0 Å². The zero-order chi connectivity index (χ0) is 9.97. The number of aryl methyl sites for hydroxylation is 1. The van der Waals surface area contributed by atoms with Crippen molar-refractivity contribution in [1.82, 2.24) is 0 Å². The van der Waals surface area contributed by atoms with Gasteiger partial charge >= 0.3 is 0 Å². The summed E-state index contributed by atoms with van der Waals surface area (Å²) in [4.78, 5) is 1.17. The number of thioether (sulfide) groups is 1. The van der Waals surface area contributed by atoms with E-state index in [1.807, 2.05) is 11.8 Å². The number of aliphatic hydroxyl groups excluding tert-OH is 1. The van der Waals surface area contributed by atoms with Crippen LogP contribution in [0.4, 0.5) is 0 Å². The van der Waals surface area contributed by atoms with Gasteiger partial charge < -0.3 is 5.11 Å².